The molecule has 1 unspecified atom stereocenters. The summed E-state index contributed by atoms with van der Waals surface area (Å²) in [5.41, 5.74) is 3.38. The Hall–Kier alpha value is -4.88. The average molecular weight is 591 g/mol. The molecule has 0 spiro atoms. The van der Waals surface area contributed by atoms with E-state index in [9.17, 15) is 34.8 Å². The summed E-state index contributed by atoms with van der Waals surface area (Å²) in [6, 6.07) is 9.88. The molecule has 13 heteroatoms. The largest absolute Gasteiger partial charge is 0.510 e. The number of fused-ring (bicyclic) bond motifs is 3. The van der Waals surface area contributed by atoms with Crippen LogP contribution in [0.1, 0.15) is 27.9 Å². The number of nitrogens with one attached hydrogen (secondary N) is 4. The number of nitrogens with zero attached hydrogens (tertiary/aromatic N) is 1. The van der Waals surface area contributed by atoms with Crippen LogP contribution >= 0.6 is 0 Å². The van der Waals surface area contributed by atoms with Crippen molar-refractivity contribution in [2.24, 2.45) is 17.6 Å². The van der Waals surface area contributed by atoms with Crippen LogP contribution in [-0.2, 0) is 22.6 Å². The van der Waals surface area contributed by atoms with Crippen LogP contribution in [0, 0.1) is 17.2 Å². The van der Waals surface area contributed by atoms with Crippen molar-refractivity contribution in [3.63, 3.8) is 0 Å². The minimum Gasteiger partial charge on any atom is -0.510 e. The first kappa shape index (κ1) is 29.6. The second kappa shape index (κ2) is 10.7. The van der Waals surface area contributed by atoms with Crippen LogP contribution in [0.15, 0.2) is 59.1 Å². The molecule has 5 rings (SSSR count). The molecule has 0 saturated heterocycles. The number of rotatable bonds is 6. The van der Waals surface area contributed by atoms with Crippen LogP contribution in [0.5, 0.6) is 5.75 Å². The van der Waals surface area contributed by atoms with Crippen molar-refractivity contribution in [3.05, 3.63) is 75.8 Å². The third-order valence-corrected chi connectivity index (χ3v) is 8.54. The van der Waals surface area contributed by atoms with Gasteiger partial charge in [0.05, 0.1) is 17.3 Å². The van der Waals surface area contributed by atoms with Gasteiger partial charge in [-0.3, -0.25) is 19.8 Å². The molecule has 1 amide bonds. The van der Waals surface area contributed by atoms with Crippen molar-refractivity contribution in [3.8, 4) is 5.75 Å². The highest BCUT2D eigenvalue weighted by atomic mass is 16.3. The summed E-state index contributed by atoms with van der Waals surface area (Å²) < 4.78 is 0. The quantitative estimate of drug-likeness (QED) is 0.0998. The molecule has 4 atom stereocenters. The molecule has 10 N–H and O–H groups in total. The fourth-order valence-corrected chi connectivity index (χ4v) is 6.52. The Kier molecular flexibility index (Phi) is 7.40. The van der Waals surface area contributed by atoms with Crippen molar-refractivity contribution in [1.29, 1.82) is 5.41 Å². The van der Waals surface area contributed by atoms with Gasteiger partial charge in [0.25, 0.3) is 5.91 Å². The van der Waals surface area contributed by atoms with Crippen LogP contribution in [0.25, 0.3) is 0 Å². The van der Waals surface area contributed by atoms with Gasteiger partial charge in [-0.25, -0.2) is 0 Å². The Balaban J connectivity index is 1.58. The van der Waals surface area contributed by atoms with Crippen LogP contribution in [0.2, 0.25) is 0 Å². The Morgan fingerprint density at radius 1 is 1.16 bits per heavy atom. The van der Waals surface area contributed by atoms with Gasteiger partial charge in [-0.05, 0) is 43.0 Å². The number of carbonyl (C=O) groups excluding carboxylic acids is 3. The Morgan fingerprint density at radius 2 is 1.84 bits per heavy atom. The number of carbonyl (C=O) groups is 3. The summed E-state index contributed by atoms with van der Waals surface area (Å²) in [5, 5.41) is 62.0. The number of amides is 1. The molecule has 0 heterocycles. The van der Waals surface area contributed by atoms with Gasteiger partial charge in [0.1, 0.15) is 17.1 Å². The van der Waals surface area contributed by atoms with E-state index in [0.29, 0.717) is 17.8 Å². The zero-order valence-corrected chi connectivity index (χ0v) is 23.9. The predicted octanol–water partition coefficient (Wildman–Crippen LogP) is 0.981. The number of anilines is 2. The average Bonchev–Trinajstić information content (AvgIpc) is 2.95. The SMILES string of the molecule is CNC1C(O)=C(C(N)=O)C(=O)[C@@]2(O)C(O)=C3C(=O)c4c(O)c(NC(=N)NCc5ccccc5)cc(N(C)C)c4C[C@H]3C[C@@H]12. The van der Waals surface area contributed by atoms with Crippen LogP contribution in [0.4, 0.5) is 11.4 Å². The molecule has 2 aromatic carbocycles. The van der Waals surface area contributed by atoms with Crippen molar-refractivity contribution in [2.45, 2.75) is 31.0 Å². The van der Waals surface area contributed by atoms with E-state index in [4.69, 9.17) is 11.1 Å². The number of hydrogen-bond acceptors (Lipinski definition) is 10. The number of aliphatic hydroxyl groups is 3. The molecule has 2 aromatic rings. The normalized spacial score (nSPS) is 24.6. The number of nitrogens with two attached hydrogens (primary N) is 1. The lowest BCUT2D eigenvalue weighted by Gasteiger charge is -2.48. The van der Waals surface area contributed by atoms with E-state index >= 15 is 0 Å². The number of likely N-dealkylation sites (N-methyl/N-ethyl adjacent to an activating group) is 1. The highest BCUT2D eigenvalue weighted by Gasteiger charge is 2.62. The number of phenols is 1. The zero-order chi connectivity index (χ0) is 31.4. The van der Waals surface area contributed by atoms with Crippen molar-refractivity contribution < 1.29 is 34.8 Å². The van der Waals surface area contributed by atoms with Gasteiger partial charge in [-0.2, -0.15) is 0 Å². The number of aromatic hydroxyl groups is 1. The van der Waals surface area contributed by atoms with Crippen LogP contribution in [0.3, 0.4) is 0 Å². The summed E-state index contributed by atoms with van der Waals surface area (Å²) in [6.45, 7) is 0.332. The number of guanidine groups is 1. The summed E-state index contributed by atoms with van der Waals surface area (Å²) in [5.74, 6) is -7.42. The van der Waals surface area contributed by atoms with Crippen molar-refractivity contribution in [2.75, 3.05) is 31.4 Å². The number of ketones is 2. The van der Waals surface area contributed by atoms with E-state index in [1.807, 2.05) is 30.3 Å². The monoisotopic (exact) mass is 590 g/mol. The van der Waals surface area contributed by atoms with Gasteiger partial charge < -0.3 is 47.0 Å². The molecular formula is C30H34N6O7. The summed E-state index contributed by atoms with van der Waals surface area (Å²) >= 11 is 0. The molecule has 3 aliphatic carbocycles. The molecule has 0 aromatic heterocycles. The van der Waals surface area contributed by atoms with Gasteiger partial charge in [0.2, 0.25) is 5.78 Å². The highest BCUT2D eigenvalue weighted by molar-refractivity contribution is 6.25. The van der Waals surface area contributed by atoms with E-state index < -0.39 is 63.8 Å². The number of allylic oxidation sites excluding steroid dienone is 1. The Morgan fingerprint density at radius 3 is 2.44 bits per heavy atom. The second-order valence-corrected chi connectivity index (χ2v) is 11.2. The molecular weight excluding hydrogens is 556 g/mol. The summed E-state index contributed by atoms with van der Waals surface area (Å²) in [6.07, 6.45) is 0.131. The molecule has 0 bridgehead atoms. The third kappa shape index (κ3) is 4.57. The molecule has 0 saturated carbocycles. The first-order chi connectivity index (χ1) is 20.3. The number of benzene rings is 2. The number of aliphatic hydroxyl groups excluding tert-OH is 2. The van der Waals surface area contributed by atoms with E-state index in [2.05, 4.69) is 16.0 Å². The number of phenolic OH excluding ortho intramolecular Hbond substituents is 1. The third-order valence-electron chi connectivity index (χ3n) is 8.54. The number of Topliss-reactive ketones (excluding diaryl/α,β-unsaturated/α-hetero) is 2. The molecule has 226 valence electrons. The van der Waals surface area contributed by atoms with Gasteiger partial charge in [0, 0.05) is 37.8 Å². The maximum absolute atomic E-state index is 14.1. The van der Waals surface area contributed by atoms with E-state index in [1.54, 1.807) is 25.1 Å². The Labute approximate surface area is 247 Å². The Bertz CT molecular complexity index is 1620. The summed E-state index contributed by atoms with van der Waals surface area (Å²) in [7, 11) is 4.97. The predicted molar refractivity (Wildman–Crippen MR) is 158 cm³/mol. The fourth-order valence-electron chi connectivity index (χ4n) is 6.52. The van der Waals surface area contributed by atoms with E-state index in [-0.39, 0.29) is 35.6 Å². The van der Waals surface area contributed by atoms with Gasteiger partial charge in [-0.1, -0.05) is 30.3 Å². The minimum absolute atomic E-state index is 0.0178. The molecule has 0 aliphatic heterocycles. The van der Waals surface area contributed by atoms with Gasteiger partial charge in [0.15, 0.2) is 23.1 Å². The summed E-state index contributed by atoms with van der Waals surface area (Å²) in [4.78, 5) is 41.3. The van der Waals surface area contributed by atoms with Gasteiger partial charge >= 0.3 is 0 Å². The van der Waals surface area contributed by atoms with Crippen LogP contribution < -0.4 is 26.6 Å². The molecule has 43 heavy (non-hydrogen) atoms. The first-order valence-corrected chi connectivity index (χ1v) is 13.7. The van der Waals surface area contributed by atoms with Crippen molar-refractivity contribution in [1.82, 2.24) is 10.6 Å². The minimum atomic E-state index is -2.72. The van der Waals surface area contributed by atoms with Gasteiger partial charge in [-0.15, -0.1) is 0 Å². The molecule has 13 nitrogen and oxygen atoms in total. The maximum Gasteiger partial charge on any atom is 0.255 e. The molecule has 3 aliphatic rings. The number of hydrogen-bond donors (Lipinski definition) is 9. The second-order valence-electron chi connectivity index (χ2n) is 11.2. The lowest BCUT2D eigenvalue weighted by molar-refractivity contribution is -0.146. The highest BCUT2D eigenvalue weighted by Crippen LogP contribution is 2.53. The topological polar surface area (TPSA) is 221 Å². The smallest absolute Gasteiger partial charge is 0.255 e. The lowest BCUT2D eigenvalue weighted by Crippen LogP contribution is -2.63. The zero-order valence-electron chi connectivity index (χ0n) is 23.9. The van der Waals surface area contributed by atoms with Crippen molar-refractivity contribution >= 4 is 34.8 Å². The van der Waals surface area contributed by atoms with E-state index in [0.717, 1.165) is 5.56 Å². The van der Waals surface area contributed by atoms with E-state index in [1.165, 1.54) is 7.05 Å². The molecule has 0 fully saturated rings. The first-order valence-electron chi connectivity index (χ1n) is 13.7. The maximum atomic E-state index is 14.1. The fraction of sp³-hybridized carbons (Fsp3) is 0.333. The lowest BCUT2D eigenvalue weighted by atomic mass is 9.58. The van der Waals surface area contributed by atoms with Crippen LogP contribution in [-0.4, -0.2) is 76.6 Å². The number of primary amides is 1. The molecule has 0 radical (unpaired) electrons. The standard InChI is InChI=1S/C30H34N6O7/c1-33-22-16-10-14-9-15-18(36(2)3)11-17(35-29(32)34-12-13-7-5-4-6-8-13)23(37)20(15)24(38)19(14)26(40)30(16,43)27(41)21(25(22)39)28(31)42/h4-8,11,14,16,22,33,37,39-40,43H,9-10,12H2,1-3H3,(H2,31,42)(H3,32,34,35)/t14-,16-,22?,30-/m0/s1.